The largest absolute Gasteiger partial charge is 0.378 e. The first kappa shape index (κ1) is 14.9. The molecule has 106 valence electrons. The number of nitrogens with one attached hydrogen (secondary N) is 1. The number of benzene rings is 2. The van der Waals surface area contributed by atoms with Crippen LogP contribution in [-0.2, 0) is 0 Å². The van der Waals surface area contributed by atoms with Crippen LogP contribution in [0.3, 0.4) is 0 Å². The van der Waals surface area contributed by atoms with Gasteiger partial charge < -0.3 is 5.32 Å². The fourth-order valence-corrected chi connectivity index (χ4v) is 3.10. The zero-order valence-electron chi connectivity index (χ0n) is 12.8. The Balaban J connectivity index is 2.33. The van der Waals surface area contributed by atoms with E-state index in [0.717, 1.165) is 10.7 Å². The van der Waals surface area contributed by atoms with Gasteiger partial charge in [0.15, 0.2) is 0 Å². The molecule has 0 aliphatic heterocycles. The fourth-order valence-electron chi connectivity index (χ4n) is 2.93. The summed E-state index contributed by atoms with van der Waals surface area (Å²) < 4.78 is 0. The molecule has 0 aromatic heterocycles. The molecule has 0 amide bonds. The third kappa shape index (κ3) is 3.16. The molecule has 0 saturated carbocycles. The minimum absolute atomic E-state index is 0.257. The van der Waals surface area contributed by atoms with Crippen LogP contribution in [-0.4, -0.2) is 0 Å². The summed E-state index contributed by atoms with van der Waals surface area (Å²) in [6.45, 7) is 10.8. The molecule has 1 atom stereocenters. The van der Waals surface area contributed by atoms with Gasteiger partial charge in [-0.1, -0.05) is 35.4 Å². The Hall–Kier alpha value is -1.47. The van der Waals surface area contributed by atoms with Crippen molar-refractivity contribution >= 4 is 17.3 Å². The first-order valence-corrected chi connectivity index (χ1v) is 7.36. The Morgan fingerprint density at radius 3 is 2.10 bits per heavy atom. The maximum Gasteiger partial charge on any atom is 0.0490 e. The molecule has 1 nitrogen and oxygen atoms in total. The van der Waals surface area contributed by atoms with Gasteiger partial charge in [-0.2, -0.15) is 0 Å². The first-order valence-electron chi connectivity index (χ1n) is 6.99. The Bertz CT molecular complexity index is 608. The Labute approximate surface area is 127 Å². The number of halogens is 1. The van der Waals surface area contributed by atoms with E-state index in [4.69, 9.17) is 11.6 Å². The van der Waals surface area contributed by atoms with Crippen molar-refractivity contribution in [2.24, 2.45) is 0 Å². The van der Waals surface area contributed by atoms with Gasteiger partial charge >= 0.3 is 0 Å². The number of rotatable bonds is 3. The molecular formula is C18H22ClN. The first-order chi connectivity index (χ1) is 9.38. The zero-order chi connectivity index (χ0) is 14.9. The van der Waals surface area contributed by atoms with Crippen molar-refractivity contribution in [1.29, 1.82) is 0 Å². The topological polar surface area (TPSA) is 12.0 Å². The van der Waals surface area contributed by atoms with Crippen LogP contribution < -0.4 is 5.32 Å². The lowest BCUT2D eigenvalue weighted by molar-refractivity contribution is 0.860. The maximum atomic E-state index is 6.09. The molecule has 0 heterocycles. The predicted octanol–water partition coefficient (Wildman–Crippen LogP) is 5.75. The van der Waals surface area contributed by atoms with Gasteiger partial charge in [-0.3, -0.25) is 0 Å². The minimum Gasteiger partial charge on any atom is -0.378 e. The van der Waals surface area contributed by atoms with E-state index >= 15 is 0 Å². The molecule has 0 bridgehead atoms. The van der Waals surface area contributed by atoms with E-state index in [1.165, 1.54) is 27.8 Å². The quantitative estimate of drug-likeness (QED) is 0.758. The summed E-state index contributed by atoms with van der Waals surface area (Å²) in [6.07, 6.45) is 0. The molecule has 0 aliphatic carbocycles. The SMILES string of the molecule is Cc1cc(C)c(C(C)Nc2cc(Cl)ccc2C)c(C)c1. The Kier molecular flexibility index (Phi) is 4.39. The molecule has 2 rings (SSSR count). The molecule has 0 fully saturated rings. The molecule has 0 radical (unpaired) electrons. The van der Waals surface area contributed by atoms with Crippen molar-refractivity contribution in [1.82, 2.24) is 0 Å². The van der Waals surface area contributed by atoms with Crippen LogP contribution in [0.5, 0.6) is 0 Å². The maximum absolute atomic E-state index is 6.09. The van der Waals surface area contributed by atoms with Crippen molar-refractivity contribution in [3.05, 3.63) is 63.2 Å². The number of hydrogen-bond donors (Lipinski definition) is 1. The smallest absolute Gasteiger partial charge is 0.0490 e. The molecule has 0 saturated heterocycles. The van der Waals surface area contributed by atoms with Gasteiger partial charge in [0.2, 0.25) is 0 Å². The fraction of sp³-hybridized carbons (Fsp3) is 0.333. The van der Waals surface area contributed by atoms with E-state index in [1.54, 1.807) is 0 Å². The summed E-state index contributed by atoms with van der Waals surface area (Å²) in [5, 5.41) is 4.35. The highest BCUT2D eigenvalue weighted by atomic mass is 35.5. The van der Waals surface area contributed by atoms with Gasteiger partial charge in [0.05, 0.1) is 0 Å². The van der Waals surface area contributed by atoms with Crippen molar-refractivity contribution in [2.45, 2.75) is 40.7 Å². The molecule has 2 aromatic rings. The molecule has 2 aromatic carbocycles. The summed E-state index contributed by atoms with van der Waals surface area (Å²) in [5.74, 6) is 0. The number of hydrogen-bond acceptors (Lipinski definition) is 1. The lowest BCUT2D eigenvalue weighted by Gasteiger charge is -2.22. The van der Waals surface area contributed by atoms with Gasteiger partial charge in [-0.15, -0.1) is 0 Å². The van der Waals surface area contributed by atoms with E-state index in [0.29, 0.717) is 0 Å². The molecular weight excluding hydrogens is 266 g/mol. The second-order valence-corrected chi connectivity index (χ2v) is 6.07. The predicted molar refractivity (Wildman–Crippen MR) is 88.9 cm³/mol. The summed E-state index contributed by atoms with van der Waals surface area (Å²) in [7, 11) is 0. The highest BCUT2D eigenvalue weighted by molar-refractivity contribution is 6.30. The van der Waals surface area contributed by atoms with Gasteiger partial charge in [-0.25, -0.2) is 0 Å². The van der Waals surface area contributed by atoms with Crippen LogP contribution in [0.25, 0.3) is 0 Å². The lowest BCUT2D eigenvalue weighted by Crippen LogP contribution is -2.11. The van der Waals surface area contributed by atoms with Crippen LogP contribution in [0.1, 0.15) is 40.8 Å². The highest BCUT2D eigenvalue weighted by Crippen LogP contribution is 2.29. The standard InChI is InChI=1S/C18H22ClN/c1-11-8-13(3)18(14(4)9-11)15(5)20-17-10-16(19)7-6-12(17)2/h6-10,15,20H,1-5H3. The van der Waals surface area contributed by atoms with Gasteiger partial charge in [0.25, 0.3) is 0 Å². The summed E-state index contributed by atoms with van der Waals surface area (Å²) in [5.41, 5.74) is 7.67. The highest BCUT2D eigenvalue weighted by Gasteiger charge is 2.13. The minimum atomic E-state index is 0.257. The molecule has 0 aliphatic rings. The van der Waals surface area contributed by atoms with E-state index in [1.807, 2.05) is 18.2 Å². The molecule has 2 heteroatoms. The van der Waals surface area contributed by atoms with Gasteiger partial charge in [0.1, 0.15) is 0 Å². The van der Waals surface area contributed by atoms with E-state index in [9.17, 15) is 0 Å². The molecule has 0 spiro atoms. The second kappa shape index (κ2) is 5.88. The van der Waals surface area contributed by atoms with Crippen LogP contribution in [0.15, 0.2) is 30.3 Å². The Morgan fingerprint density at radius 1 is 0.900 bits per heavy atom. The van der Waals surface area contributed by atoms with Crippen LogP contribution in [0, 0.1) is 27.7 Å². The molecule has 1 unspecified atom stereocenters. The van der Waals surface area contributed by atoms with Crippen molar-refractivity contribution < 1.29 is 0 Å². The van der Waals surface area contributed by atoms with Gasteiger partial charge in [0, 0.05) is 16.8 Å². The molecule has 20 heavy (non-hydrogen) atoms. The van der Waals surface area contributed by atoms with Crippen molar-refractivity contribution in [2.75, 3.05) is 5.32 Å². The Morgan fingerprint density at radius 2 is 1.50 bits per heavy atom. The van der Waals surface area contributed by atoms with Crippen LogP contribution in [0.2, 0.25) is 5.02 Å². The summed E-state index contributed by atoms with van der Waals surface area (Å²) in [4.78, 5) is 0. The summed E-state index contributed by atoms with van der Waals surface area (Å²) in [6, 6.07) is 10.7. The summed E-state index contributed by atoms with van der Waals surface area (Å²) >= 11 is 6.09. The van der Waals surface area contributed by atoms with Crippen molar-refractivity contribution in [3.63, 3.8) is 0 Å². The van der Waals surface area contributed by atoms with Crippen LogP contribution in [0.4, 0.5) is 5.69 Å². The van der Waals surface area contributed by atoms with Crippen LogP contribution >= 0.6 is 11.6 Å². The van der Waals surface area contributed by atoms with E-state index in [2.05, 4.69) is 52.1 Å². The van der Waals surface area contributed by atoms with E-state index < -0.39 is 0 Å². The van der Waals surface area contributed by atoms with Gasteiger partial charge in [-0.05, 0) is 69.0 Å². The number of aryl methyl sites for hydroxylation is 4. The average molecular weight is 288 g/mol. The zero-order valence-corrected chi connectivity index (χ0v) is 13.6. The number of anilines is 1. The third-order valence-corrected chi connectivity index (χ3v) is 3.98. The second-order valence-electron chi connectivity index (χ2n) is 5.64. The third-order valence-electron chi connectivity index (χ3n) is 3.74. The van der Waals surface area contributed by atoms with Crippen molar-refractivity contribution in [3.8, 4) is 0 Å². The van der Waals surface area contributed by atoms with E-state index in [-0.39, 0.29) is 6.04 Å². The average Bonchev–Trinajstić information content (AvgIpc) is 2.32. The molecule has 1 N–H and O–H groups in total. The lowest BCUT2D eigenvalue weighted by atomic mass is 9.94. The normalized spacial score (nSPS) is 12.3. The monoisotopic (exact) mass is 287 g/mol.